The van der Waals surface area contributed by atoms with Gasteiger partial charge in [-0.15, -0.1) is 0 Å². The Labute approximate surface area is 126 Å². The van der Waals surface area contributed by atoms with Crippen molar-refractivity contribution in [1.29, 1.82) is 10.8 Å². The van der Waals surface area contributed by atoms with Crippen molar-refractivity contribution in [3.63, 3.8) is 0 Å². The second-order valence-corrected chi connectivity index (χ2v) is 5.25. The number of hydrogen-bond acceptors (Lipinski definition) is 3. The van der Waals surface area contributed by atoms with Gasteiger partial charge in [-0.1, -0.05) is 30.3 Å². The van der Waals surface area contributed by atoms with Crippen molar-refractivity contribution >= 4 is 21.8 Å². The van der Waals surface area contributed by atoms with Crippen LogP contribution in [-0.2, 0) is 11.3 Å². The molecule has 0 fully saturated rings. The van der Waals surface area contributed by atoms with Gasteiger partial charge in [0.25, 0.3) is 0 Å². The van der Waals surface area contributed by atoms with Crippen molar-refractivity contribution in [3.05, 3.63) is 64.2 Å². The average molecular weight is 334 g/mol. The summed E-state index contributed by atoms with van der Waals surface area (Å²) in [6.45, 7) is 1.01. The van der Waals surface area contributed by atoms with Crippen LogP contribution in [0.2, 0.25) is 0 Å². The van der Waals surface area contributed by atoms with E-state index in [4.69, 9.17) is 15.6 Å². The third-order valence-corrected chi connectivity index (χ3v) is 3.27. The molecule has 0 bridgehead atoms. The first-order valence-corrected chi connectivity index (χ1v) is 7.08. The number of aromatic nitrogens is 1. The predicted octanol–water partition coefficient (Wildman–Crippen LogP) is 3.16. The third-order valence-electron chi connectivity index (χ3n) is 2.80. The van der Waals surface area contributed by atoms with Crippen molar-refractivity contribution in [3.8, 4) is 0 Å². The minimum Gasteiger partial charge on any atom is -0.376 e. The van der Waals surface area contributed by atoms with E-state index >= 15 is 0 Å². The Bertz CT molecular complexity index is 637. The summed E-state index contributed by atoms with van der Waals surface area (Å²) in [4.78, 5) is 0. The number of halogens is 1. The number of nitrogens with zero attached hydrogens (tertiary/aromatic N) is 1. The summed E-state index contributed by atoms with van der Waals surface area (Å²) in [5, 5.41) is 15.8. The molecule has 0 aliphatic carbocycles. The zero-order chi connectivity index (χ0) is 14.4. The van der Waals surface area contributed by atoms with E-state index in [1.807, 2.05) is 30.3 Å². The SMILES string of the molecule is N=C(CCOCc1ccccc1)n1cc(Br)ccc1=N. The molecule has 0 aliphatic heterocycles. The Kier molecular flexibility index (Phi) is 5.26. The molecule has 0 spiro atoms. The summed E-state index contributed by atoms with van der Waals surface area (Å²) in [6.07, 6.45) is 2.20. The van der Waals surface area contributed by atoms with E-state index in [0.717, 1.165) is 10.0 Å². The summed E-state index contributed by atoms with van der Waals surface area (Å²) in [5.74, 6) is 0.351. The monoisotopic (exact) mass is 333 g/mol. The minimum absolute atomic E-state index is 0.293. The zero-order valence-corrected chi connectivity index (χ0v) is 12.6. The summed E-state index contributed by atoms with van der Waals surface area (Å²) < 4.78 is 7.94. The van der Waals surface area contributed by atoms with Crippen LogP contribution in [0.1, 0.15) is 12.0 Å². The fraction of sp³-hybridized carbons (Fsp3) is 0.200. The molecule has 0 amide bonds. The van der Waals surface area contributed by atoms with Gasteiger partial charge in [0.2, 0.25) is 0 Å². The van der Waals surface area contributed by atoms with Gasteiger partial charge in [-0.2, -0.15) is 0 Å². The second-order valence-electron chi connectivity index (χ2n) is 4.34. The van der Waals surface area contributed by atoms with Crippen LogP contribution in [0.15, 0.2) is 53.1 Å². The zero-order valence-electron chi connectivity index (χ0n) is 11.0. The molecule has 0 radical (unpaired) electrons. The quantitative estimate of drug-likeness (QED) is 0.492. The molecular weight excluding hydrogens is 318 g/mol. The van der Waals surface area contributed by atoms with Gasteiger partial charge in [0.05, 0.1) is 13.2 Å². The molecule has 0 saturated heterocycles. The average Bonchev–Trinajstić information content (AvgIpc) is 2.47. The molecule has 2 aromatic rings. The maximum Gasteiger partial charge on any atom is 0.130 e. The molecule has 5 heteroatoms. The topological polar surface area (TPSA) is 61.9 Å². The molecule has 0 aliphatic rings. The van der Waals surface area contributed by atoms with Crippen LogP contribution < -0.4 is 5.49 Å². The fourth-order valence-corrected chi connectivity index (χ4v) is 2.09. The smallest absolute Gasteiger partial charge is 0.130 e. The summed E-state index contributed by atoms with van der Waals surface area (Å²) in [7, 11) is 0. The molecule has 2 N–H and O–H groups in total. The molecule has 104 valence electrons. The molecule has 0 saturated carbocycles. The maximum absolute atomic E-state index is 7.99. The highest BCUT2D eigenvalue weighted by atomic mass is 79.9. The van der Waals surface area contributed by atoms with E-state index < -0.39 is 0 Å². The van der Waals surface area contributed by atoms with Gasteiger partial charge in [0.1, 0.15) is 11.3 Å². The lowest BCUT2D eigenvalue weighted by molar-refractivity contribution is 0.127. The Morgan fingerprint density at radius 3 is 2.65 bits per heavy atom. The fourth-order valence-electron chi connectivity index (χ4n) is 1.75. The molecule has 1 aromatic heterocycles. The molecule has 1 heterocycles. The highest BCUT2D eigenvalue weighted by molar-refractivity contribution is 9.10. The maximum atomic E-state index is 7.99. The van der Waals surface area contributed by atoms with Crippen LogP contribution >= 0.6 is 15.9 Å². The van der Waals surface area contributed by atoms with Crippen LogP contribution in [0.4, 0.5) is 0 Å². The lowest BCUT2D eigenvalue weighted by atomic mass is 10.2. The lowest BCUT2D eigenvalue weighted by Crippen LogP contribution is -2.26. The summed E-state index contributed by atoms with van der Waals surface area (Å²) in [6, 6.07) is 13.4. The van der Waals surface area contributed by atoms with Crippen LogP contribution in [0.25, 0.3) is 0 Å². The van der Waals surface area contributed by atoms with Crippen molar-refractivity contribution in [2.24, 2.45) is 0 Å². The Morgan fingerprint density at radius 2 is 1.90 bits per heavy atom. The van der Waals surface area contributed by atoms with Gasteiger partial charge in [-0.3, -0.25) is 15.4 Å². The van der Waals surface area contributed by atoms with E-state index in [-0.39, 0.29) is 0 Å². The van der Waals surface area contributed by atoms with Gasteiger partial charge in [-0.25, -0.2) is 0 Å². The van der Waals surface area contributed by atoms with Gasteiger partial charge < -0.3 is 4.74 Å². The van der Waals surface area contributed by atoms with E-state index in [0.29, 0.717) is 31.0 Å². The van der Waals surface area contributed by atoms with Crippen LogP contribution in [0, 0.1) is 10.8 Å². The van der Waals surface area contributed by atoms with Gasteiger partial charge >= 0.3 is 0 Å². The molecule has 20 heavy (non-hydrogen) atoms. The van der Waals surface area contributed by atoms with Crippen molar-refractivity contribution in [2.75, 3.05) is 6.61 Å². The number of rotatable bonds is 5. The molecule has 1 aromatic carbocycles. The summed E-state index contributed by atoms with van der Waals surface area (Å²) >= 11 is 3.34. The Hall–Kier alpha value is -1.72. The first kappa shape index (κ1) is 14.7. The van der Waals surface area contributed by atoms with Crippen LogP contribution in [-0.4, -0.2) is 17.0 Å². The van der Waals surface area contributed by atoms with Crippen LogP contribution in [0.5, 0.6) is 0 Å². The van der Waals surface area contributed by atoms with Crippen molar-refractivity contribution in [1.82, 2.24) is 4.57 Å². The molecular formula is C15H16BrN3O. The first-order chi connectivity index (χ1) is 9.66. The van der Waals surface area contributed by atoms with E-state index in [2.05, 4.69) is 15.9 Å². The normalized spacial score (nSPS) is 10.4. The Morgan fingerprint density at radius 1 is 1.15 bits per heavy atom. The van der Waals surface area contributed by atoms with Crippen molar-refractivity contribution in [2.45, 2.75) is 13.0 Å². The minimum atomic E-state index is 0.293. The third kappa shape index (κ3) is 4.15. The number of ether oxygens (including phenoxy) is 1. The first-order valence-electron chi connectivity index (χ1n) is 6.29. The number of benzene rings is 1. The standard InChI is InChI=1S/C15H16BrN3O/c16-13-6-7-14(17)19(10-13)15(18)8-9-20-11-12-4-2-1-3-5-12/h1-7,10,17-18H,8-9,11H2. The molecule has 4 nitrogen and oxygen atoms in total. The largest absolute Gasteiger partial charge is 0.376 e. The number of hydrogen-bond donors (Lipinski definition) is 2. The van der Waals surface area contributed by atoms with Crippen LogP contribution in [0.3, 0.4) is 0 Å². The van der Waals surface area contributed by atoms with E-state index in [1.54, 1.807) is 18.3 Å². The second kappa shape index (κ2) is 7.17. The van der Waals surface area contributed by atoms with Gasteiger partial charge in [-0.05, 0) is 33.6 Å². The molecule has 2 rings (SSSR count). The van der Waals surface area contributed by atoms with E-state index in [9.17, 15) is 0 Å². The molecule has 0 atom stereocenters. The van der Waals surface area contributed by atoms with Gasteiger partial charge in [0, 0.05) is 17.1 Å². The van der Waals surface area contributed by atoms with Gasteiger partial charge in [0.15, 0.2) is 0 Å². The lowest BCUT2D eigenvalue weighted by Gasteiger charge is -2.09. The number of nitrogens with one attached hydrogen (secondary N) is 2. The Balaban J connectivity index is 1.84. The highest BCUT2D eigenvalue weighted by Crippen LogP contribution is 2.05. The highest BCUT2D eigenvalue weighted by Gasteiger charge is 2.02. The van der Waals surface area contributed by atoms with Crippen molar-refractivity contribution < 1.29 is 4.74 Å². The predicted molar refractivity (Wildman–Crippen MR) is 81.8 cm³/mol. The summed E-state index contributed by atoms with van der Waals surface area (Å²) in [5.41, 5.74) is 1.41. The number of pyridine rings is 1. The molecule has 0 unspecified atom stereocenters. The van der Waals surface area contributed by atoms with E-state index in [1.165, 1.54) is 4.57 Å².